The van der Waals surface area contributed by atoms with Gasteiger partial charge >= 0.3 is 6.18 Å². The molecule has 1 rings (SSSR count). The summed E-state index contributed by atoms with van der Waals surface area (Å²) in [5.74, 6) is 0.458. The van der Waals surface area contributed by atoms with Gasteiger partial charge in [-0.3, -0.25) is 0 Å². The summed E-state index contributed by atoms with van der Waals surface area (Å²) in [5, 5.41) is 3.06. The maximum Gasteiger partial charge on any atom is 0.391 e. The van der Waals surface area contributed by atoms with E-state index in [0.29, 0.717) is 5.92 Å². The van der Waals surface area contributed by atoms with Crippen LogP contribution in [-0.2, 0) is 4.74 Å². The number of alkyl halides is 3. The van der Waals surface area contributed by atoms with E-state index in [2.05, 4.69) is 19.2 Å². The number of halogens is 3. The van der Waals surface area contributed by atoms with Gasteiger partial charge in [0.15, 0.2) is 0 Å². The van der Waals surface area contributed by atoms with Gasteiger partial charge in [-0.2, -0.15) is 13.2 Å². The number of nitrogens with one attached hydrogen (secondary N) is 1. The van der Waals surface area contributed by atoms with Crippen LogP contribution in [0.5, 0.6) is 0 Å². The Labute approximate surface area is 118 Å². The molecule has 0 heterocycles. The first-order valence-electron chi connectivity index (χ1n) is 6.75. The monoisotopic (exact) mass is 289 g/mol. The maximum absolute atomic E-state index is 12.0. The summed E-state index contributed by atoms with van der Waals surface area (Å²) >= 11 is 0. The first-order chi connectivity index (χ1) is 9.33. The summed E-state index contributed by atoms with van der Waals surface area (Å²) in [7, 11) is 1.77. The van der Waals surface area contributed by atoms with Gasteiger partial charge in [0.05, 0.1) is 25.7 Å². The van der Waals surface area contributed by atoms with E-state index in [1.165, 1.54) is 5.56 Å². The zero-order valence-electron chi connectivity index (χ0n) is 12.1. The molecule has 0 saturated heterocycles. The Morgan fingerprint density at radius 3 is 2.10 bits per heavy atom. The van der Waals surface area contributed by atoms with E-state index in [1.807, 2.05) is 24.3 Å². The lowest BCUT2D eigenvalue weighted by atomic mass is 9.99. The van der Waals surface area contributed by atoms with E-state index in [1.54, 1.807) is 7.05 Å². The van der Waals surface area contributed by atoms with Crippen LogP contribution in [0.4, 0.5) is 13.2 Å². The Morgan fingerprint density at radius 1 is 1.10 bits per heavy atom. The van der Waals surface area contributed by atoms with E-state index in [4.69, 9.17) is 4.74 Å². The van der Waals surface area contributed by atoms with Crippen LogP contribution in [0, 0.1) is 0 Å². The Balaban J connectivity index is 2.49. The standard InChI is InChI=1S/C15H22F3NO/c1-11(2)12-4-6-13(7-5-12)14(19-3)10-20-9-8-15(16,17)18/h4-7,11,14,19H,8-10H2,1-3H3. The van der Waals surface area contributed by atoms with Crippen LogP contribution < -0.4 is 5.32 Å². The molecule has 1 aromatic rings. The third-order valence-electron chi connectivity index (χ3n) is 3.17. The minimum absolute atomic E-state index is 0.0931. The van der Waals surface area contributed by atoms with E-state index in [0.717, 1.165) is 5.56 Å². The summed E-state index contributed by atoms with van der Waals surface area (Å²) in [6, 6.07) is 7.97. The van der Waals surface area contributed by atoms with Gasteiger partial charge in [0.25, 0.3) is 0 Å². The molecule has 2 nitrogen and oxygen atoms in total. The molecule has 5 heteroatoms. The molecule has 0 saturated carbocycles. The van der Waals surface area contributed by atoms with Crippen molar-refractivity contribution in [3.05, 3.63) is 35.4 Å². The second-order valence-corrected chi connectivity index (χ2v) is 5.10. The second kappa shape index (κ2) is 7.64. The van der Waals surface area contributed by atoms with Crippen molar-refractivity contribution in [2.45, 2.75) is 38.4 Å². The van der Waals surface area contributed by atoms with Crippen LogP contribution in [0.15, 0.2) is 24.3 Å². The molecule has 1 unspecified atom stereocenters. The van der Waals surface area contributed by atoms with Gasteiger partial charge in [0.1, 0.15) is 0 Å². The SMILES string of the molecule is CNC(COCCC(F)(F)F)c1ccc(C(C)C)cc1. The largest absolute Gasteiger partial charge is 0.391 e. The number of hydrogen-bond acceptors (Lipinski definition) is 2. The molecule has 0 amide bonds. The molecule has 0 aliphatic rings. The minimum Gasteiger partial charge on any atom is -0.379 e. The zero-order valence-corrected chi connectivity index (χ0v) is 12.1. The molecular formula is C15H22F3NO. The van der Waals surface area contributed by atoms with E-state index >= 15 is 0 Å². The van der Waals surface area contributed by atoms with Crippen LogP contribution in [0.3, 0.4) is 0 Å². The van der Waals surface area contributed by atoms with Crippen LogP contribution in [0.1, 0.15) is 43.4 Å². The fourth-order valence-corrected chi connectivity index (χ4v) is 1.85. The lowest BCUT2D eigenvalue weighted by molar-refractivity contribution is -0.145. The molecule has 114 valence electrons. The van der Waals surface area contributed by atoms with Gasteiger partial charge in [-0.05, 0) is 24.1 Å². The predicted octanol–water partition coefficient (Wildman–Crippen LogP) is 4.04. The second-order valence-electron chi connectivity index (χ2n) is 5.10. The molecule has 0 aromatic heterocycles. The van der Waals surface area contributed by atoms with Crippen LogP contribution in [0.25, 0.3) is 0 Å². The molecule has 0 radical (unpaired) electrons. The van der Waals surface area contributed by atoms with Crippen LogP contribution in [0.2, 0.25) is 0 Å². The van der Waals surface area contributed by atoms with Gasteiger partial charge in [-0.25, -0.2) is 0 Å². The van der Waals surface area contributed by atoms with Gasteiger partial charge in [0.2, 0.25) is 0 Å². The number of ether oxygens (including phenoxy) is 1. The number of benzene rings is 1. The molecule has 0 spiro atoms. The molecule has 0 aliphatic heterocycles. The van der Waals surface area contributed by atoms with E-state index < -0.39 is 12.6 Å². The molecule has 1 atom stereocenters. The average Bonchev–Trinajstić information content (AvgIpc) is 2.38. The Kier molecular flexibility index (Phi) is 6.49. The normalized spacial score (nSPS) is 13.8. The van der Waals surface area contributed by atoms with Crippen molar-refractivity contribution in [3.63, 3.8) is 0 Å². The fourth-order valence-electron chi connectivity index (χ4n) is 1.85. The van der Waals surface area contributed by atoms with Crippen molar-refractivity contribution in [1.82, 2.24) is 5.32 Å². The summed E-state index contributed by atoms with van der Waals surface area (Å²) in [5.41, 5.74) is 2.26. The zero-order chi connectivity index (χ0) is 15.2. The van der Waals surface area contributed by atoms with Crippen LogP contribution in [-0.4, -0.2) is 26.4 Å². The first-order valence-corrected chi connectivity index (χ1v) is 6.75. The fraction of sp³-hybridized carbons (Fsp3) is 0.600. The van der Waals surface area contributed by atoms with E-state index in [-0.39, 0.29) is 19.3 Å². The molecule has 0 aliphatic carbocycles. The summed E-state index contributed by atoms with van der Waals surface area (Å²) < 4.78 is 41.1. The van der Waals surface area contributed by atoms with Gasteiger partial charge in [-0.1, -0.05) is 38.1 Å². The molecule has 0 bridgehead atoms. The van der Waals surface area contributed by atoms with Crippen molar-refractivity contribution in [1.29, 1.82) is 0 Å². The third-order valence-corrected chi connectivity index (χ3v) is 3.17. The van der Waals surface area contributed by atoms with Gasteiger partial charge in [0, 0.05) is 0 Å². The first kappa shape index (κ1) is 17.0. The third kappa shape index (κ3) is 5.92. The number of likely N-dealkylation sites (N-methyl/N-ethyl adjacent to an activating group) is 1. The van der Waals surface area contributed by atoms with Crippen molar-refractivity contribution in [2.24, 2.45) is 0 Å². The topological polar surface area (TPSA) is 21.3 Å². The highest BCUT2D eigenvalue weighted by Crippen LogP contribution is 2.21. The van der Waals surface area contributed by atoms with E-state index in [9.17, 15) is 13.2 Å². The highest BCUT2D eigenvalue weighted by atomic mass is 19.4. The van der Waals surface area contributed by atoms with Crippen molar-refractivity contribution < 1.29 is 17.9 Å². The lowest BCUT2D eigenvalue weighted by Gasteiger charge is -2.18. The lowest BCUT2D eigenvalue weighted by Crippen LogP contribution is -2.23. The highest BCUT2D eigenvalue weighted by Gasteiger charge is 2.26. The Morgan fingerprint density at radius 2 is 1.65 bits per heavy atom. The number of hydrogen-bond donors (Lipinski definition) is 1. The molecule has 20 heavy (non-hydrogen) atoms. The van der Waals surface area contributed by atoms with Gasteiger partial charge in [-0.15, -0.1) is 0 Å². The quantitative estimate of drug-likeness (QED) is 0.765. The average molecular weight is 289 g/mol. The number of rotatable bonds is 7. The van der Waals surface area contributed by atoms with Crippen molar-refractivity contribution in [3.8, 4) is 0 Å². The minimum atomic E-state index is -4.16. The summed E-state index contributed by atoms with van der Waals surface area (Å²) in [6.45, 7) is 4.16. The van der Waals surface area contributed by atoms with Gasteiger partial charge < -0.3 is 10.1 Å². The molecule has 1 aromatic carbocycles. The summed E-state index contributed by atoms with van der Waals surface area (Å²) in [4.78, 5) is 0. The maximum atomic E-state index is 12.0. The Hall–Kier alpha value is -1.07. The molecule has 0 fully saturated rings. The predicted molar refractivity (Wildman–Crippen MR) is 73.8 cm³/mol. The molecule has 1 N–H and O–H groups in total. The smallest absolute Gasteiger partial charge is 0.379 e. The highest BCUT2D eigenvalue weighted by molar-refractivity contribution is 5.26. The summed E-state index contributed by atoms with van der Waals surface area (Å²) in [6.07, 6.45) is -5.07. The van der Waals surface area contributed by atoms with Crippen molar-refractivity contribution >= 4 is 0 Å². The van der Waals surface area contributed by atoms with Crippen LogP contribution >= 0.6 is 0 Å². The molecular weight excluding hydrogens is 267 g/mol. The van der Waals surface area contributed by atoms with Crippen molar-refractivity contribution in [2.75, 3.05) is 20.3 Å². The Bertz CT molecular complexity index is 387.